The number of nitrogens with zero attached hydrogens (tertiary/aromatic N) is 5. The molecule has 2 aliphatic carbocycles. The summed E-state index contributed by atoms with van der Waals surface area (Å²) >= 11 is 5.43. The van der Waals surface area contributed by atoms with Gasteiger partial charge in [0.2, 0.25) is 11.2 Å². The first-order chi connectivity index (χ1) is 31.1. The number of nitrogens with one attached hydrogen (secondary N) is 1. The van der Waals surface area contributed by atoms with Crippen LogP contribution in [0.4, 0.5) is 23.5 Å². The number of ketones is 2. The van der Waals surface area contributed by atoms with Crippen molar-refractivity contribution in [1.29, 1.82) is 0 Å². The van der Waals surface area contributed by atoms with E-state index in [1.807, 2.05) is 81.1 Å². The van der Waals surface area contributed by atoms with Crippen molar-refractivity contribution in [2.45, 2.75) is 115 Å². The first-order valence-corrected chi connectivity index (χ1v) is 22.9. The third-order valence-electron chi connectivity index (χ3n) is 11.8. The number of hydrogen-bond acceptors (Lipinski definition) is 12. The van der Waals surface area contributed by atoms with Crippen LogP contribution in [0.5, 0.6) is 23.0 Å². The second-order valence-electron chi connectivity index (χ2n) is 17.1. The van der Waals surface area contributed by atoms with Gasteiger partial charge in [0.15, 0.2) is 11.5 Å². The molecule has 352 valence electrons. The van der Waals surface area contributed by atoms with Crippen LogP contribution in [-0.2, 0) is 9.59 Å². The Morgan fingerprint density at radius 2 is 1.15 bits per heavy atom. The first kappa shape index (κ1) is 49.3. The predicted octanol–water partition coefficient (Wildman–Crippen LogP) is 9.71. The number of hydrogen-bond donors (Lipinski definition) is 1. The SMILES string of the molecule is CCCC(=O)C(C)c1ccc(O[C@@H]2CCN(c3ncc(OCC4CC4(F)F)cn3)C2)cc1.CCCC(=O)C(C)c1ccc(O[C@@H]2CCNC2)cc1.FC1(F)CC1COc1cnc(Cl)nc1. The lowest BCUT2D eigenvalue weighted by atomic mass is 9.94. The van der Waals surface area contributed by atoms with Crippen LogP contribution in [0.3, 0.4) is 0 Å². The Bertz CT molecular complexity index is 2110. The standard InChI is InChI=1S/C24H29F2N3O3.C16H23NO2.C8H7ClF2N2O/c1-3-4-22(30)16(2)17-5-7-19(8-6-17)32-20-9-10-29(14-20)23-27-12-21(13-28-23)31-15-18-11-24(18,25)26;1-3-4-16(18)12(2)13-5-7-14(8-6-13)19-15-9-10-17-11-15;9-7-12-2-6(3-13-7)14-4-5-1-8(5,10)11/h5-8,12-13,16,18,20H,3-4,9-11,14-15H2,1-2H3;5-8,12,15,17H,3-4,9-11H2,1-2H3;2-3,5H,1,4H2/t16?,18?,20-;12?,15-;/m11./s1. The van der Waals surface area contributed by atoms with Crippen molar-refractivity contribution in [3.63, 3.8) is 0 Å². The maximum Gasteiger partial charge on any atom is 0.255 e. The number of halogens is 5. The molecule has 0 spiro atoms. The van der Waals surface area contributed by atoms with Crippen molar-refractivity contribution in [2.24, 2.45) is 11.8 Å². The largest absolute Gasteiger partial charge is 0.490 e. The Kier molecular flexibility index (Phi) is 17.4. The van der Waals surface area contributed by atoms with E-state index >= 15 is 0 Å². The zero-order valence-electron chi connectivity index (χ0n) is 37.4. The van der Waals surface area contributed by atoms with E-state index in [1.165, 1.54) is 24.8 Å². The van der Waals surface area contributed by atoms with Crippen LogP contribution >= 0.6 is 11.6 Å². The van der Waals surface area contributed by atoms with Crippen molar-refractivity contribution in [3.05, 3.63) is 89.7 Å². The third kappa shape index (κ3) is 15.0. The number of aromatic nitrogens is 4. The quantitative estimate of drug-likeness (QED) is 0.0708. The van der Waals surface area contributed by atoms with E-state index in [1.54, 1.807) is 0 Å². The minimum Gasteiger partial charge on any atom is -0.490 e. The summed E-state index contributed by atoms with van der Waals surface area (Å²) in [5.41, 5.74) is 2.08. The molecule has 4 aromatic rings. The van der Waals surface area contributed by atoms with Crippen LogP contribution in [0.1, 0.15) is 102 Å². The molecule has 4 unspecified atom stereocenters. The van der Waals surface area contributed by atoms with Gasteiger partial charge in [-0.1, -0.05) is 52.0 Å². The van der Waals surface area contributed by atoms with Crippen molar-refractivity contribution < 1.29 is 46.1 Å². The Balaban J connectivity index is 0.000000179. The summed E-state index contributed by atoms with van der Waals surface area (Å²) in [6.07, 6.45) is 10.8. The highest BCUT2D eigenvalue weighted by Gasteiger charge is 2.58. The maximum absolute atomic E-state index is 12.9. The average Bonchev–Trinajstić information content (AvgIpc) is 3.80. The summed E-state index contributed by atoms with van der Waals surface area (Å²) in [5.74, 6) is -3.05. The van der Waals surface area contributed by atoms with Gasteiger partial charge < -0.3 is 29.2 Å². The van der Waals surface area contributed by atoms with Gasteiger partial charge in [-0.25, -0.2) is 37.5 Å². The van der Waals surface area contributed by atoms with E-state index in [9.17, 15) is 27.2 Å². The Morgan fingerprint density at radius 3 is 1.57 bits per heavy atom. The van der Waals surface area contributed by atoms with E-state index in [0.717, 1.165) is 67.9 Å². The predicted molar refractivity (Wildman–Crippen MR) is 239 cm³/mol. The normalized spacial score (nSPS) is 22.0. The molecular formula is C48H59ClF4N6O6. The van der Waals surface area contributed by atoms with Gasteiger partial charge >= 0.3 is 0 Å². The number of benzene rings is 2. The molecule has 2 aromatic heterocycles. The van der Waals surface area contributed by atoms with Crippen LogP contribution < -0.4 is 29.2 Å². The average molecular weight is 927 g/mol. The molecule has 2 saturated heterocycles. The van der Waals surface area contributed by atoms with Crippen LogP contribution in [-0.4, -0.2) is 94.9 Å². The van der Waals surface area contributed by atoms with Crippen LogP contribution in [0.15, 0.2) is 73.3 Å². The van der Waals surface area contributed by atoms with Crippen LogP contribution in [0, 0.1) is 11.8 Å². The number of carbonyl (C=O) groups is 2. The lowest BCUT2D eigenvalue weighted by Crippen LogP contribution is -2.26. The third-order valence-corrected chi connectivity index (χ3v) is 12.0. The van der Waals surface area contributed by atoms with E-state index in [-0.39, 0.29) is 61.2 Å². The molecule has 6 atom stereocenters. The molecule has 2 saturated carbocycles. The highest BCUT2D eigenvalue weighted by molar-refractivity contribution is 6.28. The summed E-state index contributed by atoms with van der Waals surface area (Å²) in [6.45, 7) is 11.3. The first-order valence-electron chi connectivity index (χ1n) is 22.5. The molecule has 4 fully saturated rings. The van der Waals surface area contributed by atoms with Crippen LogP contribution in [0.25, 0.3) is 0 Å². The number of rotatable bonds is 19. The van der Waals surface area contributed by atoms with Crippen LogP contribution in [0.2, 0.25) is 5.28 Å². The molecule has 1 N–H and O–H groups in total. The lowest BCUT2D eigenvalue weighted by molar-refractivity contribution is -0.121. The smallest absolute Gasteiger partial charge is 0.255 e. The lowest BCUT2D eigenvalue weighted by Gasteiger charge is -2.18. The fraction of sp³-hybridized carbons (Fsp3) is 0.542. The topological polar surface area (TPSA) is 138 Å². The molecule has 65 heavy (non-hydrogen) atoms. The molecule has 8 rings (SSSR count). The van der Waals surface area contributed by atoms with Gasteiger partial charge in [0.1, 0.15) is 35.3 Å². The molecule has 17 heteroatoms. The summed E-state index contributed by atoms with van der Waals surface area (Å²) in [4.78, 5) is 41.9. The molecular weight excluding hydrogens is 868 g/mol. The highest BCUT2D eigenvalue weighted by atomic mass is 35.5. The van der Waals surface area contributed by atoms with Gasteiger partial charge in [0.05, 0.1) is 56.4 Å². The summed E-state index contributed by atoms with van der Waals surface area (Å²) in [7, 11) is 0. The van der Waals surface area contributed by atoms with Crippen molar-refractivity contribution in [3.8, 4) is 23.0 Å². The highest BCUT2D eigenvalue weighted by Crippen LogP contribution is 2.49. The Morgan fingerprint density at radius 1 is 0.708 bits per heavy atom. The fourth-order valence-corrected chi connectivity index (χ4v) is 7.40. The number of anilines is 1. The number of alkyl halides is 4. The zero-order chi connectivity index (χ0) is 46.6. The Labute approximate surface area is 383 Å². The zero-order valence-corrected chi connectivity index (χ0v) is 38.1. The molecule has 4 aliphatic rings. The van der Waals surface area contributed by atoms with Crippen molar-refractivity contribution >= 4 is 29.1 Å². The summed E-state index contributed by atoms with van der Waals surface area (Å²) < 4.78 is 73.1. The van der Waals surface area contributed by atoms with Gasteiger partial charge in [0.25, 0.3) is 11.8 Å². The summed E-state index contributed by atoms with van der Waals surface area (Å²) in [6, 6.07) is 15.7. The molecule has 0 amide bonds. The van der Waals surface area contributed by atoms with Crippen molar-refractivity contribution in [1.82, 2.24) is 25.3 Å². The van der Waals surface area contributed by atoms with E-state index in [0.29, 0.717) is 42.6 Å². The minimum atomic E-state index is -2.59. The number of ether oxygens (including phenoxy) is 4. The van der Waals surface area contributed by atoms with Gasteiger partial charge in [-0.3, -0.25) is 9.59 Å². The van der Waals surface area contributed by atoms with Gasteiger partial charge in [-0.05, 0) is 72.8 Å². The number of carbonyl (C=O) groups excluding carboxylic acids is 2. The Hall–Kier alpha value is -5.09. The molecule has 0 radical (unpaired) electrons. The molecule has 2 aromatic carbocycles. The molecule has 2 aliphatic heterocycles. The minimum absolute atomic E-state index is 0.00199. The fourth-order valence-electron chi connectivity index (χ4n) is 7.30. The summed E-state index contributed by atoms with van der Waals surface area (Å²) in [5, 5.41) is 3.39. The van der Waals surface area contributed by atoms with E-state index in [2.05, 4.69) is 25.3 Å². The van der Waals surface area contributed by atoms with E-state index < -0.39 is 23.7 Å². The maximum atomic E-state index is 12.9. The van der Waals surface area contributed by atoms with Gasteiger partial charge in [-0.15, -0.1) is 0 Å². The second kappa shape index (κ2) is 22.9. The monoisotopic (exact) mass is 926 g/mol. The second-order valence-corrected chi connectivity index (χ2v) is 17.4. The molecule has 0 bridgehead atoms. The van der Waals surface area contributed by atoms with Crippen molar-refractivity contribution in [2.75, 3.05) is 44.3 Å². The van der Waals surface area contributed by atoms with Gasteiger partial charge in [-0.2, -0.15) is 0 Å². The molecule has 4 heterocycles. The van der Waals surface area contributed by atoms with Gasteiger partial charge in [0, 0.05) is 57.0 Å². The van der Waals surface area contributed by atoms with E-state index in [4.69, 9.17) is 30.5 Å². The molecule has 12 nitrogen and oxygen atoms in total. The number of Topliss-reactive ketones (excluding diaryl/α,β-unsaturated/α-hetero) is 2.